The zero-order chi connectivity index (χ0) is 17.2. The van der Waals surface area contributed by atoms with E-state index in [2.05, 4.69) is 20.2 Å². The van der Waals surface area contributed by atoms with Crippen molar-refractivity contribution < 1.29 is 9.21 Å². The lowest BCUT2D eigenvalue weighted by molar-refractivity contribution is 0.0703. The highest BCUT2D eigenvalue weighted by Gasteiger charge is 2.29. The average molecular weight is 355 g/mol. The summed E-state index contributed by atoms with van der Waals surface area (Å²) in [6.45, 7) is 3.19. The van der Waals surface area contributed by atoms with Crippen LogP contribution in [0.1, 0.15) is 40.1 Å². The molecule has 8 heteroatoms. The third-order valence-electron chi connectivity index (χ3n) is 4.26. The minimum absolute atomic E-state index is 0.0604. The van der Waals surface area contributed by atoms with E-state index in [1.54, 1.807) is 12.4 Å². The van der Waals surface area contributed by atoms with Gasteiger partial charge in [-0.05, 0) is 31.2 Å². The Bertz CT molecular complexity index is 860. The quantitative estimate of drug-likeness (QED) is 0.718. The number of likely N-dealkylation sites (tertiary alicyclic amines) is 1. The highest BCUT2D eigenvalue weighted by molar-refractivity contribution is 7.12. The fourth-order valence-electron chi connectivity index (χ4n) is 2.94. The number of nitrogens with zero attached hydrogens (tertiary/aromatic N) is 5. The summed E-state index contributed by atoms with van der Waals surface area (Å²) in [7, 11) is 0. The van der Waals surface area contributed by atoms with Crippen LogP contribution in [-0.4, -0.2) is 44.1 Å². The third-order valence-corrected chi connectivity index (χ3v) is 5.12. The molecule has 7 nitrogen and oxygen atoms in total. The second-order valence-corrected chi connectivity index (χ2v) is 6.98. The fourth-order valence-corrected chi connectivity index (χ4v) is 3.63. The molecule has 0 radical (unpaired) electrons. The van der Waals surface area contributed by atoms with Gasteiger partial charge in [0.25, 0.3) is 11.8 Å². The minimum atomic E-state index is 0.0604. The van der Waals surface area contributed by atoms with Crippen molar-refractivity contribution in [3.8, 4) is 11.5 Å². The first-order valence-electron chi connectivity index (χ1n) is 8.16. The van der Waals surface area contributed by atoms with Crippen molar-refractivity contribution in [2.75, 3.05) is 13.1 Å². The molecule has 4 heterocycles. The van der Waals surface area contributed by atoms with Crippen molar-refractivity contribution >= 4 is 17.2 Å². The molecule has 3 aromatic heterocycles. The summed E-state index contributed by atoms with van der Waals surface area (Å²) in [5, 5.41) is 10.2. The number of hydrogen-bond donors (Lipinski definition) is 0. The first-order chi connectivity index (χ1) is 12.2. The molecule has 0 N–H and O–H groups in total. The maximum atomic E-state index is 12.5. The first-order valence-corrected chi connectivity index (χ1v) is 9.04. The van der Waals surface area contributed by atoms with E-state index in [1.165, 1.54) is 11.3 Å². The van der Waals surface area contributed by atoms with E-state index < -0.39 is 0 Å². The summed E-state index contributed by atoms with van der Waals surface area (Å²) in [5.41, 5.74) is 0.701. The summed E-state index contributed by atoms with van der Waals surface area (Å²) in [5.74, 6) is 1.81. The fraction of sp³-hybridized carbons (Fsp3) is 0.353. The minimum Gasteiger partial charge on any atom is -0.420 e. The standard InChI is InChI=1S/C17H17N5O2S/c1-11-18-8-13(9-19-11)16-21-20-15(24-16)12-4-2-6-22(10-12)17(23)14-5-3-7-25-14/h3,5,7-9,12H,2,4,6,10H2,1H3/t12-/m0/s1. The molecule has 0 saturated carbocycles. The number of thiophene rings is 1. The van der Waals surface area contributed by atoms with Gasteiger partial charge in [0.15, 0.2) is 0 Å². The predicted molar refractivity (Wildman–Crippen MR) is 92.3 cm³/mol. The molecule has 128 valence electrons. The van der Waals surface area contributed by atoms with Crippen molar-refractivity contribution in [1.29, 1.82) is 0 Å². The highest BCUT2D eigenvalue weighted by atomic mass is 32.1. The number of rotatable bonds is 3. The van der Waals surface area contributed by atoms with Gasteiger partial charge in [-0.15, -0.1) is 21.5 Å². The van der Waals surface area contributed by atoms with E-state index >= 15 is 0 Å². The normalized spacial score (nSPS) is 17.6. The lowest BCUT2D eigenvalue weighted by atomic mass is 9.98. The zero-order valence-electron chi connectivity index (χ0n) is 13.8. The van der Waals surface area contributed by atoms with Crippen LogP contribution >= 0.6 is 11.3 Å². The Morgan fingerprint density at radius 2 is 2.16 bits per heavy atom. The molecule has 0 unspecified atom stereocenters. The largest absolute Gasteiger partial charge is 0.420 e. The van der Waals surface area contributed by atoms with Crippen LogP contribution in [0, 0.1) is 6.92 Å². The summed E-state index contributed by atoms with van der Waals surface area (Å²) < 4.78 is 5.83. The van der Waals surface area contributed by atoms with E-state index in [0.717, 1.165) is 24.3 Å². The number of piperidine rings is 1. The Hall–Kier alpha value is -2.61. The Morgan fingerprint density at radius 3 is 2.92 bits per heavy atom. The van der Waals surface area contributed by atoms with Crippen molar-refractivity contribution in [1.82, 2.24) is 25.1 Å². The Morgan fingerprint density at radius 1 is 1.32 bits per heavy atom. The van der Waals surface area contributed by atoms with Crippen molar-refractivity contribution in [3.63, 3.8) is 0 Å². The third kappa shape index (κ3) is 3.30. The highest BCUT2D eigenvalue weighted by Crippen LogP contribution is 2.29. The number of aryl methyl sites for hydroxylation is 1. The van der Waals surface area contributed by atoms with Crippen LogP contribution in [-0.2, 0) is 0 Å². The SMILES string of the molecule is Cc1ncc(-c2nnc([C@H]3CCCN(C(=O)c4cccs4)C3)o2)cn1. The van der Waals surface area contributed by atoms with Crippen LogP contribution in [0.25, 0.3) is 11.5 Å². The molecular weight excluding hydrogens is 338 g/mol. The Labute approximate surface area is 148 Å². The number of aromatic nitrogens is 4. The van der Waals surface area contributed by atoms with Crippen LogP contribution < -0.4 is 0 Å². The van der Waals surface area contributed by atoms with Crippen molar-refractivity contribution in [3.05, 3.63) is 46.5 Å². The molecule has 0 spiro atoms. The van der Waals surface area contributed by atoms with Crippen LogP contribution in [0.2, 0.25) is 0 Å². The second-order valence-electron chi connectivity index (χ2n) is 6.03. The molecule has 0 aromatic carbocycles. The van der Waals surface area contributed by atoms with Crippen LogP contribution in [0.3, 0.4) is 0 Å². The molecular formula is C17H17N5O2S. The Kier molecular flexibility index (Phi) is 4.27. The summed E-state index contributed by atoms with van der Waals surface area (Å²) in [6.07, 6.45) is 5.20. The van der Waals surface area contributed by atoms with Gasteiger partial charge in [0.1, 0.15) is 5.82 Å². The molecule has 1 aliphatic rings. The van der Waals surface area contributed by atoms with E-state index in [0.29, 0.717) is 29.7 Å². The van der Waals surface area contributed by atoms with Crippen LogP contribution in [0.5, 0.6) is 0 Å². The first kappa shape index (κ1) is 15.9. The van der Waals surface area contributed by atoms with Gasteiger partial charge in [-0.3, -0.25) is 4.79 Å². The van der Waals surface area contributed by atoms with Gasteiger partial charge in [0.2, 0.25) is 5.89 Å². The summed E-state index contributed by atoms with van der Waals surface area (Å²) >= 11 is 1.47. The Balaban J connectivity index is 1.50. The molecule has 1 aliphatic heterocycles. The second kappa shape index (κ2) is 6.72. The van der Waals surface area contributed by atoms with Gasteiger partial charge in [0.05, 0.1) is 16.4 Å². The number of amides is 1. The summed E-state index contributed by atoms with van der Waals surface area (Å²) in [4.78, 5) is 23.5. The van der Waals surface area contributed by atoms with Crippen molar-refractivity contribution in [2.24, 2.45) is 0 Å². The molecule has 1 fully saturated rings. The lowest BCUT2D eigenvalue weighted by Gasteiger charge is -2.30. The molecule has 0 bridgehead atoms. The monoisotopic (exact) mass is 355 g/mol. The maximum absolute atomic E-state index is 12.5. The van der Waals surface area contributed by atoms with Crippen LogP contribution in [0.4, 0.5) is 0 Å². The molecule has 0 aliphatic carbocycles. The molecule has 4 rings (SSSR count). The van der Waals surface area contributed by atoms with Crippen molar-refractivity contribution in [2.45, 2.75) is 25.7 Å². The van der Waals surface area contributed by atoms with Gasteiger partial charge < -0.3 is 9.32 Å². The maximum Gasteiger partial charge on any atom is 0.263 e. The molecule has 3 aromatic rings. The van der Waals surface area contributed by atoms with E-state index in [9.17, 15) is 4.79 Å². The number of carbonyl (C=O) groups is 1. The number of carbonyl (C=O) groups excluding carboxylic acids is 1. The lowest BCUT2D eigenvalue weighted by Crippen LogP contribution is -2.38. The molecule has 1 amide bonds. The van der Waals surface area contributed by atoms with Gasteiger partial charge >= 0.3 is 0 Å². The topological polar surface area (TPSA) is 85.0 Å². The smallest absolute Gasteiger partial charge is 0.263 e. The summed E-state index contributed by atoms with van der Waals surface area (Å²) in [6, 6.07) is 3.76. The predicted octanol–water partition coefficient (Wildman–Crippen LogP) is 2.92. The van der Waals surface area contributed by atoms with Gasteiger partial charge in [0, 0.05) is 25.5 Å². The van der Waals surface area contributed by atoms with Gasteiger partial charge in [-0.25, -0.2) is 9.97 Å². The van der Waals surface area contributed by atoms with E-state index in [4.69, 9.17) is 4.42 Å². The zero-order valence-corrected chi connectivity index (χ0v) is 14.6. The average Bonchev–Trinajstić information content (AvgIpc) is 3.34. The molecule has 1 atom stereocenters. The van der Waals surface area contributed by atoms with Gasteiger partial charge in [-0.1, -0.05) is 6.07 Å². The molecule has 1 saturated heterocycles. The van der Waals surface area contributed by atoms with Crippen LogP contribution in [0.15, 0.2) is 34.3 Å². The van der Waals surface area contributed by atoms with E-state index in [-0.39, 0.29) is 11.8 Å². The number of hydrogen-bond acceptors (Lipinski definition) is 7. The van der Waals surface area contributed by atoms with Gasteiger partial charge in [-0.2, -0.15) is 0 Å². The van der Waals surface area contributed by atoms with E-state index in [1.807, 2.05) is 29.3 Å². The molecule has 25 heavy (non-hydrogen) atoms.